The van der Waals surface area contributed by atoms with E-state index in [-0.39, 0.29) is 18.3 Å². The molecular weight excluding hydrogens is 251 g/mol. The van der Waals surface area contributed by atoms with Crippen molar-refractivity contribution < 1.29 is 9.31 Å². The minimum atomic E-state index is -0.319. The predicted octanol–water partition coefficient (Wildman–Crippen LogP) is 2.79. The number of rotatable bonds is 4. The molecule has 0 aromatic carbocycles. The fourth-order valence-electron chi connectivity index (χ4n) is 2.48. The van der Waals surface area contributed by atoms with E-state index in [1.54, 1.807) is 0 Å². The van der Waals surface area contributed by atoms with Crippen molar-refractivity contribution in [1.29, 1.82) is 0 Å². The Bertz CT molecular complexity index is 452. The fourth-order valence-corrected chi connectivity index (χ4v) is 2.48. The average Bonchev–Trinajstić information content (AvgIpc) is 2.81. The van der Waals surface area contributed by atoms with E-state index in [4.69, 9.17) is 9.31 Å². The third kappa shape index (κ3) is 2.94. The molecule has 4 nitrogen and oxygen atoms in total. The molecule has 20 heavy (non-hydrogen) atoms. The van der Waals surface area contributed by atoms with Crippen LogP contribution in [0.4, 0.5) is 0 Å². The Morgan fingerprint density at radius 2 is 1.70 bits per heavy atom. The molecule has 5 heteroatoms. The van der Waals surface area contributed by atoms with Crippen molar-refractivity contribution in [2.24, 2.45) is 5.92 Å². The van der Waals surface area contributed by atoms with Crippen LogP contribution in [0, 0.1) is 5.92 Å². The molecule has 0 saturated carbocycles. The molecule has 1 saturated heterocycles. The Morgan fingerprint density at radius 3 is 2.20 bits per heavy atom. The Hall–Kier alpha value is -0.805. The quantitative estimate of drug-likeness (QED) is 0.795. The van der Waals surface area contributed by atoms with Gasteiger partial charge in [0.2, 0.25) is 0 Å². The van der Waals surface area contributed by atoms with Gasteiger partial charge in [0, 0.05) is 23.9 Å². The molecule has 1 fully saturated rings. The summed E-state index contributed by atoms with van der Waals surface area (Å²) < 4.78 is 14.1. The normalized spacial score (nSPS) is 22.5. The SMILES string of the molecule is CC(C)C[C@H](C)n1cc(B2OC(C)(C)C(C)(C)O2)cn1. The first-order valence-corrected chi connectivity index (χ1v) is 7.52. The highest BCUT2D eigenvalue weighted by atomic mass is 16.7. The standard InChI is InChI=1S/C15H27BN2O2/c1-11(2)8-12(3)18-10-13(9-17-18)16-19-14(4,5)15(6,7)20-16/h9-12H,8H2,1-7H3/t12-/m0/s1. The highest BCUT2D eigenvalue weighted by molar-refractivity contribution is 6.61. The maximum absolute atomic E-state index is 6.05. The molecule has 1 atom stereocenters. The predicted molar refractivity (Wildman–Crippen MR) is 82.1 cm³/mol. The summed E-state index contributed by atoms with van der Waals surface area (Å²) in [6.07, 6.45) is 5.03. The summed E-state index contributed by atoms with van der Waals surface area (Å²) in [4.78, 5) is 0. The van der Waals surface area contributed by atoms with E-state index in [1.807, 2.05) is 10.9 Å². The van der Waals surface area contributed by atoms with Crippen molar-refractivity contribution in [3.8, 4) is 0 Å². The van der Waals surface area contributed by atoms with Crippen LogP contribution in [-0.2, 0) is 9.31 Å². The van der Waals surface area contributed by atoms with Crippen LogP contribution in [0.3, 0.4) is 0 Å². The molecule has 1 aliphatic rings. The molecule has 0 amide bonds. The van der Waals surface area contributed by atoms with Gasteiger partial charge in [0.25, 0.3) is 0 Å². The maximum atomic E-state index is 6.05. The zero-order valence-corrected chi connectivity index (χ0v) is 13.8. The molecule has 0 N–H and O–H groups in total. The maximum Gasteiger partial charge on any atom is 0.498 e. The summed E-state index contributed by atoms with van der Waals surface area (Å²) in [5, 5.41) is 4.47. The van der Waals surface area contributed by atoms with E-state index in [0.29, 0.717) is 12.0 Å². The largest absolute Gasteiger partial charge is 0.498 e. The van der Waals surface area contributed by atoms with Gasteiger partial charge in [0.05, 0.1) is 11.2 Å². The minimum absolute atomic E-state index is 0.302. The van der Waals surface area contributed by atoms with Crippen molar-refractivity contribution in [1.82, 2.24) is 9.78 Å². The zero-order chi connectivity index (χ0) is 15.1. The van der Waals surface area contributed by atoms with Crippen molar-refractivity contribution in [2.45, 2.75) is 72.1 Å². The van der Waals surface area contributed by atoms with Gasteiger partial charge in [-0.05, 0) is 47.0 Å². The second-order valence-corrected chi connectivity index (χ2v) is 7.32. The van der Waals surface area contributed by atoms with E-state index >= 15 is 0 Å². The summed E-state index contributed by atoms with van der Waals surface area (Å²) in [7, 11) is -0.319. The first-order chi connectivity index (χ1) is 9.12. The van der Waals surface area contributed by atoms with Crippen LogP contribution >= 0.6 is 0 Å². The van der Waals surface area contributed by atoms with Gasteiger partial charge in [-0.15, -0.1) is 0 Å². The molecule has 0 aliphatic carbocycles. The van der Waals surface area contributed by atoms with Gasteiger partial charge in [-0.25, -0.2) is 0 Å². The molecule has 2 rings (SSSR count). The van der Waals surface area contributed by atoms with Crippen LogP contribution in [0.5, 0.6) is 0 Å². The van der Waals surface area contributed by atoms with Gasteiger partial charge in [-0.2, -0.15) is 5.10 Å². The Kier molecular flexibility index (Phi) is 4.04. The minimum Gasteiger partial charge on any atom is -0.399 e. The molecule has 2 heterocycles. The summed E-state index contributed by atoms with van der Waals surface area (Å²) in [5.74, 6) is 0.662. The van der Waals surface area contributed by atoms with Crippen LogP contribution in [0.2, 0.25) is 0 Å². The molecule has 0 spiro atoms. The Balaban J connectivity index is 2.11. The van der Waals surface area contributed by atoms with E-state index in [2.05, 4.69) is 59.8 Å². The van der Waals surface area contributed by atoms with E-state index in [1.165, 1.54) is 0 Å². The van der Waals surface area contributed by atoms with Gasteiger partial charge < -0.3 is 9.31 Å². The molecule has 0 radical (unpaired) electrons. The summed E-state index contributed by atoms with van der Waals surface area (Å²) >= 11 is 0. The number of aromatic nitrogens is 2. The van der Waals surface area contributed by atoms with Gasteiger partial charge in [0.1, 0.15) is 0 Å². The fraction of sp³-hybridized carbons (Fsp3) is 0.800. The number of nitrogens with zero attached hydrogens (tertiary/aromatic N) is 2. The second kappa shape index (κ2) is 5.19. The summed E-state index contributed by atoms with van der Waals surface area (Å²) in [6, 6.07) is 0.395. The molecule has 1 aromatic rings. The van der Waals surface area contributed by atoms with E-state index in [9.17, 15) is 0 Å². The van der Waals surface area contributed by atoms with Gasteiger partial charge in [-0.3, -0.25) is 4.68 Å². The smallest absolute Gasteiger partial charge is 0.399 e. The highest BCUT2D eigenvalue weighted by Gasteiger charge is 2.52. The lowest BCUT2D eigenvalue weighted by Gasteiger charge is -2.32. The topological polar surface area (TPSA) is 36.3 Å². The van der Waals surface area contributed by atoms with Crippen LogP contribution in [0.15, 0.2) is 12.4 Å². The molecular formula is C15H27BN2O2. The average molecular weight is 278 g/mol. The number of hydrogen-bond donors (Lipinski definition) is 0. The van der Waals surface area contributed by atoms with Crippen molar-refractivity contribution in [2.75, 3.05) is 0 Å². The van der Waals surface area contributed by atoms with E-state index < -0.39 is 0 Å². The molecule has 0 bridgehead atoms. The van der Waals surface area contributed by atoms with Crippen molar-refractivity contribution in [3.05, 3.63) is 12.4 Å². The van der Waals surface area contributed by atoms with Gasteiger partial charge >= 0.3 is 7.12 Å². The van der Waals surface area contributed by atoms with Crippen LogP contribution in [0.1, 0.15) is 60.9 Å². The van der Waals surface area contributed by atoms with Gasteiger partial charge in [-0.1, -0.05) is 13.8 Å². The van der Waals surface area contributed by atoms with Gasteiger partial charge in [0.15, 0.2) is 0 Å². The molecule has 112 valence electrons. The van der Waals surface area contributed by atoms with Crippen LogP contribution in [-0.4, -0.2) is 28.1 Å². The Morgan fingerprint density at radius 1 is 1.15 bits per heavy atom. The van der Waals surface area contributed by atoms with Crippen LogP contribution in [0.25, 0.3) is 0 Å². The van der Waals surface area contributed by atoms with Crippen LogP contribution < -0.4 is 5.46 Å². The highest BCUT2D eigenvalue weighted by Crippen LogP contribution is 2.36. The van der Waals surface area contributed by atoms with E-state index in [0.717, 1.165) is 11.9 Å². The Labute approximate surface area is 123 Å². The summed E-state index contributed by atoms with van der Waals surface area (Å²) in [5.41, 5.74) is 0.395. The molecule has 1 aromatic heterocycles. The monoisotopic (exact) mass is 278 g/mol. The second-order valence-electron chi connectivity index (χ2n) is 7.32. The molecule has 1 aliphatic heterocycles. The van der Waals surface area contributed by atoms with Crippen molar-refractivity contribution in [3.63, 3.8) is 0 Å². The number of hydrogen-bond acceptors (Lipinski definition) is 3. The molecule has 0 unspecified atom stereocenters. The lowest BCUT2D eigenvalue weighted by Crippen LogP contribution is -2.41. The first kappa shape index (κ1) is 15.6. The summed E-state index contributed by atoms with van der Waals surface area (Å²) in [6.45, 7) is 14.9. The first-order valence-electron chi connectivity index (χ1n) is 7.52. The van der Waals surface area contributed by atoms with Crippen molar-refractivity contribution >= 4 is 12.6 Å². The third-order valence-corrected chi connectivity index (χ3v) is 4.41. The third-order valence-electron chi connectivity index (χ3n) is 4.41. The lowest BCUT2D eigenvalue weighted by atomic mass is 9.82. The lowest BCUT2D eigenvalue weighted by molar-refractivity contribution is 0.00578. The zero-order valence-electron chi connectivity index (χ0n) is 13.8.